The fraction of sp³-hybridized carbons (Fsp3) is 0.455. The summed E-state index contributed by atoms with van der Waals surface area (Å²) in [5.41, 5.74) is 1.38. The van der Waals surface area contributed by atoms with Crippen LogP contribution in [-0.4, -0.2) is 13.7 Å². The van der Waals surface area contributed by atoms with Crippen LogP contribution in [0.5, 0.6) is 0 Å². The Morgan fingerprint density at radius 3 is 2.46 bits per heavy atom. The molecule has 0 bridgehead atoms. The third-order valence-electron chi connectivity index (χ3n) is 2.02. The molecule has 0 radical (unpaired) electrons. The molecule has 1 rings (SSSR count). The molecule has 1 aromatic carbocycles. The molecule has 0 saturated heterocycles. The van der Waals surface area contributed by atoms with Crippen molar-refractivity contribution in [1.82, 2.24) is 0 Å². The summed E-state index contributed by atoms with van der Waals surface area (Å²) in [4.78, 5) is 0. The van der Waals surface area contributed by atoms with Crippen molar-refractivity contribution in [2.45, 2.75) is 13.3 Å². The Kier molecular flexibility index (Phi) is 4.41. The van der Waals surface area contributed by atoms with E-state index in [9.17, 15) is 0 Å². The van der Waals surface area contributed by atoms with Crippen molar-refractivity contribution in [3.8, 4) is 0 Å². The van der Waals surface area contributed by atoms with Gasteiger partial charge in [-0.3, -0.25) is 0 Å². The highest BCUT2D eigenvalue weighted by Gasteiger charge is 2.02. The zero-order chi connectivity index (χ0) is 9.68. The summed E-state index contributed by atoms with van der Waals surface area (Å²) in [6, 6.07) is 8.60. The normalized spacial score (nSPS) is 12.8. The van der Waals surface area contributed by atoms with Gasteiger partial charge in [0, 0.05) is 13.7 Å². The van der Waals surface area contributed by atoms with Gasteiger partial charge in [0.1, 0.15) is 0 Å². The van der Waals surface area contributed by atoms with E-state index in [2.05, 4.69) is 40.4 Å². The molecule has 2 heteroatoms. The van der Waals surface area contributed by atoms with Crippen LogP contribution < -0.4 is 5.30 Å². The lowest BCUT2D eigenvalue weighted by Gasteiger charge is -2.09. The van der Waals surface area contributed by atoms with Gasteiger partial charge in [-0.1, -0.05) is 31.2 Å². The molecule has 13 heavy (non-hydrogen) atoms. The maximum atomic E-state index is 5.10. The molecule has 2 atom stereocenters. The summed E-state index contributed by atoms with van der Waals surface area (Å²) in [6.45, 7) is 3.04. The average Bonchev–Trinajstić information content (AvgIpc) is 2.09. The van der Waals surface area contributed by atoms with Gasteiger partial charge in [0.25, 0.3) is 0 Å². The van der Waals surface area contributed by atoms with Crippen LogP contribution in [0.1, 0.15) is 12.5 Å². The molecule has 0 aliphatic rings. The smallest absolute Gasteiger partial charge is 0.0491 e. The maximum absolute atomic E-state index is 5.10. The molecule has 0 aliphatic carbocycles. The van der Waals surface area contributed by atoms with Gasteiger partial charge in [0.2, 0.25) is 0 Å². The molecule has 0 aromatic heterocycles. The molecular weight excluding hydrogens is 179 g/mol. The lowest BCUT2D eigenvalue weighted by atomic mass is 10.0. The second-order valence-electron chi connectivity index (χ2n) is 3.51. The summed E-state index contributed by atoms with van der Waals surface area (Å²) in [5.74, 6) is 0.598. The summed E-state index contributed by atoms with van der Waals surface area (Å²) < 4.78 is 5.10. The number of benzene rings is 1. The molecule has 1 aromatic rings. The van der Waals surface area contributed by atoms with Crippen LogP contribution in [0.2, 0.25) is 0 Å². The van der Waals surface area contributed by atoms with Gasteiger partial charge in [-0.2, -0.15) is 0 Å². The van der Waals surface area contributed by atoms with E-state index in [-0.39, 0.29) is 0 Å². The summed E-state index contributed by atoms with van der Waals surface area (Å²) in [6.07, 6.45) is 1.10. The lowest BCUT2D eigenvalue weighted by molar-refractivity contribution is 0.159. The van der Waals surface area contributed by atoms with E-state index >= 15 is 0 Å². The quantitative estimate of drug-likeness (QED) is 0.669. The van der Waals surface area contributed by atoms with Crippen molar-refractivity contribution in [3.63, 3.8) is 0 Å². The van der Waals surface area contributed by atoms with Crippen molar-refractivity contribution in [2.75, 3.05) is 13.7 Å². The van der Waals surface area contributed by atoms with Crippen LogP contribution in [0, 0.1) is 5.92 Å². The van der Waals surface area contributed by atoms with E-state index in [4.69, 9.17) is 4.74 Å². The molecule has 1 nitrogen and oxygen atoms in total. The van der Waals surface area contributed by atoms with Gasteiger partial charge in [0.15, 0.2) is 0 Å². The van der Waals surface area contributed by atoms with Crippen molar-refractivity contribution in [3.05, 3.63) is 29.8 Å². The molecule has 0 amide bonds. The Morgan fingerprint density at radius 1 is 1.31 bits per heavy atom. The highest BCUT2D eigenvalue weighted by molar-refractivity contribution is 7.27. The fourth-order valence-electron chi connectivity index (χ4n) is 1.40. The van der Waals surface area contributed by atoms with Crippen LogP contribution in [0.15, 0.2) is 24.3 Å². The molecule has 0 saturated carbocycles. The number of ether oxygens (including phenoxy) is 1. The van der Waals surface area contributed by atoms with Crippen molar-refractivity contribution in [1.29, 1.82) is 0 Å². The minimum absolute atomic E-state index is 0.598. The van der Waals surface area contributed by atoms with E-state index in [1.54, 1.807) is 7.11 Å². The molecule has 0 spiro atoms. The van der Waals surface area contributed by atoms with E-state index in [0.717, 1.165) is 13.0 Å². The first-order valence-corrected chi connectivity index (χ1v) is 5.13. The highest BCUT2D eigenvalue weighted by atomic mass is 31.0. The van der Waals surface area contributed by atoms with Crippen molar-refractivity contribution < 1.29 is 4.74 Å². The summed E-state index contributed by atoms with van der Waals surface area (Å²) in [7, 11) is 4.45. The molecule has 0 fully saturated rings. The van der Waals surface area contributed by atoms with E-state index in [1.165, 1.54) is 10.9 Å². The van der Waals surface area contributed by atoms with Gasteiger partial charge in [-0.25, -0.2) is 0 Å². The molecule has 72 valence electrons. The minimum Gasteiger partial charge on any atom is -0.384 e. The Balaban J connectivity index is 2.49. The molecular formula is C11H17OP. The van der Waals surface area contributed by atoms with Gasteiger partial charge >= 0.3 is 0 Å². The Hall–Kier alpha value is -0.390. The first kappa shape index (κ1) is 10.7. The Labute approximate surface area is 82.7 Å². The second-order valence-corrected chi connectivity index (χ2v) is 4.17. The first-order chi connectivity index (χ1) is 6.22. The summed E-state index contributed by atoms with van der Waals surface area (Å²) >= 11 is 0. The fourth-order valence-corrected chi connectivity index (χ4v) is 1.59. The predicted molar refractivity (Wildman–Crippen MR) is 60.5 cm³/mol. The number of methoxy groups -OCH3 is 1. The largest absolute Gasteiger partial charge is 0.384 e. The zero-order valence-corrected chi connectivity index (χ0v) is 9.44. The SMILES string of the molecule is COCC(C)Cc1ccc(P)cc1. The lowest BCUT2D eigenvalue weighted by Crippen LogP contribution is -2.07. The van der Waals surface area contributed by atoms with E-state index in [1.807, 2.05) is 0 Å². The minimum atomic E-state index is 0.598. The molecule has 2 unspecified atom stereocenters. The van der Waals surface area contributed by atoms with E-state index in [0.29, 0.717) is 5.92 Å². The number of hydrogen-bond acceptors (Lipinski definition) is 1. The van der Waals surface area contributed by atoms with Crippen LogP contribution in [-0.2, 0) is 11.2 Å². The standard InChI is InChI=1S/C11H17OP/c1-9(8-12-2)7-10-3-5-11(13)6-4-10/h3-6,9H,7-8,13H2,1-2H3. The summed E-state index contributed by atoms with van der Waals surface area (Å²) in [5, 5.41) is 1.24. The second kappa shape index (κ2) is 5.36. The van der Waals surface area contributed by atoms with Gasteiger partial charge < -0.3 is 4.74 Å². The Morgan fingerprint density at radius 2 is 1.92 bits per heavy atom. The monoisotopic (exact) mass is 196 g/mol. The molecule has 0 heterocycles. The number of rotatable bonds is 4. The zero-order valence-electron chi connectivity index (χ0n) is 8.29. The van der Waals surface area contributed by atoms with Crippen molar-refractivity contribution >= 4 is 14.5 Å². The van der Waals surface area contributed by atoms with Crippen LogP contribution in [0.4, 0.5) is 0 Å². The van der Waals surface area contributed by atoms with Crippen molar-refractivity contribution in [2.24, 2.45) is 5.92 Å². The molecule has 0 aliphatic heterocycles. The van der Waals surface area contributed by atoms with Gasteiger partial charge in [-0.05, 0) is 23.2 Å². The van der Waals surface area contributed by atoms with Gasteiger partial charge in [-0.15, -0.1) is 9.24 Å². The predicted octanol–water partition coefficient (Wildman–Crippen LogP) is 2.01. The van der Waals surface area contributed by atoms with Crippen LogP contribution in [0.25, 0.3) is 0 Å². The number of hydrogen-bond donors (Lipinski definition) is 0. The third kappa shape index (κ3) is 3.89. The average molecular weight is 196 g/mol. The molecule has 0 N–H and O–H groups in total. The van der Waals surface area contributed by atoms with Crippen LogP contribution in [0.3, 0.4) is 0 Å². The topological polar surface area (TPSA) is 9.23 Å². The third-order valence-corrected chi connectivity index (χ3v) is 2.40. The van der Waals surface area contributed by atoms with Crippen LogP contribution >= 0.6 is 9.24 Å². The maximum Gasteiger partial charge on any atom is 0.0491 e. The van der Waals surface area contributed by atoms with E-state index < -0.39 is 0 Å². The Bertz CT molecular complexity index is 243. The van der Waals surface area contributed by atoms with Gasteiger partial charge in [0.05, 0.1) is 0 Å². The first-order valence-electron chi connectivity index (χ1n) is 4.55. The highest BCUT2D eigenvalue weighted by Crippen LogP contribution is 2.08.